The molecule has 0 aliphatic carbocycles. The van der Waals surface area contributed by atoms with Crippen LogP contribution in [0.15, 0.2) is 61.3 Å². The van der Waals surface area contributed by atoms with Gasteiger partial charge >= 0.3 is 0 Å². The molecule has 0 radical (unpaired) electrons. The number of H-pyrrole nitrogens is 1. The Kier molecular flexibility index (Phi) is 5.16. The van der Waals surface area contributed by atoms with Gasteiger partial charge in [0.25, 0.3) is 0 Å². The lowest BCUT2D eigenvalue weighted by atomic mass is 10.0. The van der Waals surface area contributed by atoms with Gasteiger partial charge in [-0.2, -0.15) is 0 Å². The van der Waals surface area contributed by atoms with Crippen molar-refractivity contribution >= 4 is 16.5 Å². The highest BCUT2D eigenvalue weighted by Gasteiger charge is 2.16. The molecule has 0 atom stereocenters. The standard InChI is InChI=1S/C23H25N2O/c1-5-13-25(3,4)16-18(2)20-8-6-7-19(14-20)17-26-22-9-10-23-21(15-22)11-12-24-23/h1,6-12,14-15,24H,2,13,16-17H2,3-4H3/q+1. The van der Waals surface area contributed by atoms with E-state index in [1.807, 2.05) is 24.4 Å². The van der Waals surface area contributed by atoms with Crippen LogP contribution in [0.5, 0.6) is 5.75 Å². The van der Waals surface area contributed by atoms with E-state index in [0.29, 0.717) is 13.2 Å². The average Bonchev–Trinajstić information content (AvgIpc) is 3.07. The average molecular weight is 345 g/mol. The van der Waals surface area contributed by atoms with E-state index in [9.17, 15) is 0 Å². The molecule has 0 aliphatic heterocycles. The maximum atomic E-state index is 5.97. The number of benzene rings is 2. The SMILES string of the molecule is C#CC[N+](C)(C)CC(=C)c1cccc(COc2ccc3[nH]ccc3c2)c1. The van der Waals surface area contributed by atoms with E-state index in [0.717, 1.165) is 44.4 Å². The van der Waals surface area contributed by atoms with E-state index in [1.54, 1.807) is 0 Å². The molecule has 3 rings (SSSR count). The van der Waals surface area contributed by atoms with Crippen molar-refractivity contribution in [1.29, 1.82) is 0 Å². The van der Waals surface area contributed by atoms with Gasteiger partial charge < -0.3 is 14.2 Å². The second-order valence-corrected chi connectivity index (χ2v) is 7.28. The quantitative estimate of drug-likeness (QED) is 0.496. The summed E-state index contributed by atoms with van der Waals surface area (Å²) in [7, 11) is 4.24. The van der Waals surface area contributed by atoms with E-state index in [1.165, 1.54) is 0 Å². The van der Waals surface area contributed by atoms with Gasteiger partial charge in [-0.25, -0.2) is 0 Å². The first-order valence-electron chi connectivity index (χ1n) is 8.69. The number of fused-ring (bicyclic) bond motifs is 1. The summed E-state index contributed by atoms with van der Waals surface area (Å²) >= 11 is 0. The summed E-state index contributed by atoms with van der Waals surface area (Å²) in [6.07, 6.45) is 7.40. The zero-order chi connectivity index (χ0) is 18.6. The topological polar surface area (TPSA) is 25.0 Å². The number of hydrogen-bond acceptors (Lipinski definition) is 1. The highest BCUT2D eigenvalue weighted by atomic mass is 16.5. The van der Waals surface area contributed by atoms with Gasteiger partial charge in [0.15, 0.2) is 0 Å². The Morgan fingerprint density at radius 1 is 1.19 bits per heavy atom. The molecule has 0 spiro atoms. The number of quaternary nitrogens is 1. The predicted molar refractivity (Wildman–Crippen MR) is 109 cm³/mol. The van der Waals surface area contributed by atoms with Crippen LogP contribution in [0.3, 0.4) is 0 Å². The normalized spacial score (nSPS) is 11.3. The van der Waals surface area contributed by atoms with Crippen LogP contribution >= 0.6 is 0 Å². The minimum absolute atomic E-state index is 0.527. The van der Waals surface area contributed by atoms with Gasteiger partial charge in [0, 0.05) is 22.7 Å². The first kappa shape index (κ1) is 17.8. The number of nitrogens with one attached hydrogen (secondary N) is 1. The summed E-state index contributed by atoms with van der Waals surface area (Å²) in [5.74, 6) is 3.60. The minimum atomic E-state index is 0.527. The lowest BCUT2D eigenvalue weighted by molar-refractivity contribution is -0.875. The number of terminal acetylenes is 1. The third-order valence-electron chi connectivity index (χ3n) is 4.40. The van der Waals surface area contributed by atoms with Crippen LogP contribution in [0, 0.1) is 12.3 Å². The number of aromatic amines is 1. The highest BCUT2D eigenvalue weighted by Crippen LogP contribution is 2.22. The minimum Gasteiger partial charge on any atom is -0.489 e. The van der Waals surface area contributed by atoms with Crippen LogP contribution in [0.1, 0.15) is 11.1 Å². The van der Waals surface area contributed by atoms with E-state index in [-0.39, 0.29) is 0 Å². The molecule has 3 heteroatoms. The van der Waals surface area contributed by atoms with Gasteiger partial charge in [-0.3, -0.25) is 0 Å². The molecule has 0 fully saturated rings. The first-order valence-corrected chi connectivity index (χ1v) is 8.69. The Labute approximate surface area is 155 Å². The molecule has 1 aromatic heterocycles. The van der Waals surface area contributed by atoms with Gasteiger partial charge in [-0.15, -0.1) is 6.42 Å². The van der Waals surface area contributed by atoms with Crippen molar-refractivity contribution in [3.8, 4) is 18.1 Å². The highest BCUT2D eigenvalue weighted by molar-refractivity contribution is 5.80. The van der Waals surface area contributed by atoms with E-state index >= 15 is 0 Å². The van der Waals surface area contributed by atoms with Gasteiger partial charge in [0.1, 0.15) is 25.4 Å². The fourth-order valence-electron chi connectivity index (χ4n) is 3.08. The number of nitrogens with zero attached hydrogens (tertiary/aromatic N) is 1. The molecule has 2 aromatic carbocycles. The number of aromatic nitrogens is 1. The number of hydrogen-bond donors (Lipinski definition) is 1. The maximum absolute atomic E-state index is 5.97. The van der Waals surface area contributed by atoms with Crippen LogP contribution in [-0.2, 0) is 6.61 Å². The summed E-state index contributed by atoms with van der Waals surface area (Å²) in [6, 6.07) is 16.5. The summed E-state index contributed by atoms with van der Waals surface area (Å²) < 4.78 is 6.70. The zero-order valence-corrected chi connectivity index (χ0v) is 15.5. The Hall–Kier alpha value is -2.96. The molecule has 3 aromatic rings. The van der Waals surface area contributed by atoms with Gasteiger partial charge in [-0.05, 0) is 47.4 Å². The first-order chi connectivity index (χ1) is 12.5. The van der Waals surface area contributed by atoms with Crippen LogP contribution < -0.4 is 4.74 Å². The van der Waals surface area contributed by atoms with Crippen molar-refractivity contribution in [3.63, 3.8) is 0 Å². The Morgan fingerprint density at radius 2 is 2.04 bits per heavy atom. The number of ether oxygens (including phenoxy) is 1. The third-order valence-corrected chi connectivity index (χ3v) is 4.40. The number of likely N-dealkylation sites (N-methyl/N-ethyl adjacent to an activating group) is 1. The molecule has 0 unspecified atom stereocenters. The molecule has 0 saturated heterocycles. The van der Waals surface area contributed by atoms with Crippen molar-refractivity contribution in [1.82, 2.24) is 4.98 Å². The molecule has 132 valence electrons. The summed E-state index contributed by atoms with van der Waals surface area (Å²) in [5, 5.41) is 1.15. The molecule has 26 heavy (non-hydrogen) atoms. The predicted octanol–water partition coefficient (Wildman–Crippen LogP) is 4.47. The van der Waals surface area contributed by atoms with Crippen LogP contribution in [0.2, 0.25) is 0 Å². The van der Waals surface area contributed by atoms with Gasteiger partial charge in [0.2, 0.25) is 0 Å². The molecular formula is C23H25N2O+. The number of rotatable bonds is 7. The fraction of sp³-hybridized carbons (Fsp3) is 0.217. The van der Waals surface area contributed by atoms with Gasteiger partial charge in [0.05, 0.1) is 14.1 Å². The molecular weight excluding hydrogens is 320 g/mol. The monoisotopic (exact) mass is 345 g/mol. The summed E-state index contributed by atoms with van der Waals surface area (Å²) in [4.78, 5) is 3.19. The molecule has 0 amide bonds. The van der Waals surface area contributed by atoms with Crippen molar-refractivity contribution < 1.29 is 9.22 Å². The summed E-state index contributed by atoms with van der Waals surface area (Å²) in [5.41, 5.74) is 4.46. The maximum Gasteiger partial charge on any atom is 0.140 e. The molecule has 0 aliphatic rings. The molecule has 1 N–H and O–H groups in total. The molecule has 3 nitrogen and oxygen atoms in total. The fourth-order valence-corrected chi connectivity index (χ4v) is 3.08. The third kappa shape index (κ3) is 4.36. The van der Waals surface area contributed by atoms with Gasteiger partial charge in [-0.1, -0.05) is 24.8 Å². The van der Waals surface area contributed by atoms with Crippen molar-refractivity contribution in [2.75, 3.05) is 27.2 Å². The second-order valence-electron chi connectivity index (χ2n) is 7.28. The zero-order valence-electron chi connectivity index (χ0n) is 15.5. The second kappa shape index (κ2) is 7.51. The molecule has 0 bridgehead atoms. The largest absolute Gasteiger partial charge is 0.489 e. The molecule has 1 heterocycles. The van der Waals surface area contributed by atoms with E-state index in [2.05, 4.69) is 61.9 Å². The van der Waals surface area contributed by atoms with Crippen molar-refractivity contribution in [2.45, 2.75) is 6.61 Å². The Morgan fingerprint density at radius 3 is 2.85 bits per heavy atom. The lowest BCUT2D eigenvalue weighted by Crippen LogP contribution is -2.40. The Bertz CT molecular complexity index is 959. The smallest absolute Gasteiger partial charge is 0.140 e. The lowest BCUT2D eigenvalue weighted by Gasteiger charge is -2.28. The summed E-state index contributed by atoms with van der Waals surface area (Å²) in [6.45, 7) is 6.28. The van der Waals surface area contributed by atoms with Crippen LogP contribution in [-0.4, -0.2) is 36.7 Å². The Balaban J connectivity index is 1.67. The van der Waals surface area contributed by atoms with Crippen LogP contribution in [0.4, 0.5) is 0 Å². The van der Waals surface area contributed by atoms with E-state index in [4.69, 9.17) is 11.2 Å². The van der Waals surface area contributed by atoms with Crippen molar-refractivity contribution in [2.24, 2.45) is 0 Å². The van der Waals surface area contributed by atoms with Crippen molar-refractivity contribution in [3.05, 3.63) is 72.4 Å². The van der Waals surface area contributed by atoms with E-state index < -0.39 is 0 Å². The van der Waals surface area contributed by atoms with Crippen LogP contribution in [0.25, 0.3) is 16.5 Å². The molecule has 0 saturated carbocycles.